The molecular weight excluding hydrogens is 336 g/mol. The van der Waals surface area contributed by atoms with Gasteiger partial charge in [-0.15, -0.1) is 0 Å². The lowest BCUT2D eigenvalue weighted by Crippen LogP contribution is -2.51. The first kappa shape index (κ1) is 18.4. The summed E-state index contributed by atoms with van der Waals surface area (Å²) in [5.41, 5.74) is 3.90. The Kier molecular flexibility index (Phi) is 5.79. The number of piperazine rings is 1. The van der Waals surface area contributed by atoms with Crippen molar-refractivity contribution >= 4 is 15.9 Å². The van der Waals surface area contributed by atoms with Crippen molar-refractivity contribution in [2.45, 2.75) is 45.4 Å². The van der Waals surface area contributed by atoms with Crippen molar-refractivity contribution in [3.8, 4) is 0 Å². The van der Waals surface area contributed by atoms with Gasteiger partial charge in [0.25, 0.3) is 0 Å². The Morgan fingerprint density at radius 2 is 1.72 bits per heavy atom. The molecule has 1 aromatic carbocycles. The van der Waals surface area contributed by atoms with E-state index in [1.807, 2.05) is 6.92 Å². The topological polar surface area (TPSA) is 57.7 Å². The second-order valence-electron chi connectivity index (χ2n) is 7.08. The molecule has 5 nitrogen and oxygen atoms in total. The van der Waals surface area contributed by atoms with E-state index in [0.29, 0.717) is 39.0 Å². The van der Waals surface area contributed by atoms with Crippen molar-refractivity contribution in [2.24, 2.45) is 0 Å². The molecule has 0 radical (unpaired) electrons. The van der Waals surface area contributed by atoms with Crippen LogP contribution in [0.15, 0.2) is 18.2 Å². The summed E-state index contributed by atoms with van der Waals surface area (Å²) in [6.45, 7) is 3.69. The summed E-state index contributed by atoms with van der Waals surface area (Å²) in [7, 11) is -3.16. The first-order valence-electron chi connectivity index (χ1n) is 9.36. The Balaban J connectivity index is 1.56. The number of carbonyl (C=O) groups excluding carboxylic acids is 1. The van der Waals surface area contributed by atoms with Crippen molar-refractivity contribution in [2.75, 3.05) is 31.9 Å². The zero-order valence-corrected chi connectivity index (χ0v) is 15.9. The largest absolute Gasteiger partial charge is 0.340 e. The molecular formula is C19H28N2O3S. The summed E-state index contributed by atoms with van der Waals surface area (Å²) in [4.78, 5) is 14.4. The number of hydrogen-bond acceptors (Lipinski definition) is 3. The summed E-state index contributed by atoms with van der Waals surface area (Å²) in [6.07, 6.45) is 5.80. The highest BCUT2D eigenvalue weighted by Gasteiger charge is 2.28. The molecule has 0 saturated carbocycles. The summed E-state index contributed by atoms with van der Waals surface area (Å²) in [6, 6.07) is 6.44. The first-order chi connectivity index (χ1) is 12.0. The fourth-order valence-electron chi connectivity index (χ4n) is 3.79. The van der Waals surface area contributed by atoms with Crippen LogP contribution in [0.4, 0.5) is 0 Å². The number of fused-ring (bicyclic) bond motifs is 1. The smallest absolute Gasteiger partial charge is 0.227 e. The van der Waals surface area contributed by atoms with Crippen LogP contribution in [-0.2, 0) is 34.1 Å². The zero-order chi connectivity index (χ0) is 17.9. The molecule has 1 fully saturated rings. The van der Waals surface area contributed by atoms with Crippen molar-refractivity contribution in [1.82, 2.24) is 9.21 Å². The highest BCUT2D eigenvalue weighted by molar-refractivity contribution is 7.89. The predicted octanol–water partition coefficient (Wildman–Crippen LogP) is 1.99. The lowest BCUT2D eigenvalue weighted by atomic mass is 9.90. The molecule has 1 saturated heterocycles. The fraction of sp³-hybridized carbons (Fsp3) is 0.632. The molecule has 0 atom stereocenters. The van der Waals surface area contributed by atoms with Gasteiger partial charge in [0.1, 0.15) is 0 Å². The number of hydrogen-bond donors (Lipinski definition) is 0. The van der Waals surface area contributed by atoms with Gasteiger partial charge < -0.3 is 4.90 Å². The van der Waals surface area contributed by atoms with E-state index >= 15 is 0 Å². The molecule has 0 N–H and O–H groups in total. The van der Waals surface area contributed by atoms with Crippen LogP contribution in [0, 0.1) is 0 Å². The van der Waals surface area contributed by atoms with Crippen LogP contribution in [-0.4, -0.2) is 55.5 Å². The lowest BCUT2D eigenvalue weighted by molar-refractivity contribution is -0.131. The Labute approximate surface area is 151 Å². The van der Waals surface area contributed by atoms with Gasteiger partial charge in [0.05, 0.1) is 12.2 Å². The van der Waals surface area contributed by atoms with E-state index in [1.54, 1.807) is 4.90 Å². The molecule has 138 valence electrons. The molecule has 1 amide bonds. The van der Waals surface area contributed by atoms with E-state index in [9.17, 15) is 13.2 Å². The quantitative estimate of drug-likeness (QED) is 0.803. The predicted molar refractivity (Wildman–Crippen MR) is 99.0 cm³/mol. The maximum atomic E-state index is 12.6. The Bertz CT molecular complexity index is 722. The molecule has 1 heterocycles. The van der Waals surface area contributed by atoms with Gasteiger partial charge >= 0.3 is 0 Å². The third-order valence-electron chi connectivity index (χ3n) is 5.22. The number of aryl methyl sites for hydroxylation is 2. The van der Waals surface area contributed by atoms with Gasteiger partial charge in [-0.3, -0.25) is 4.79 Å². The second-order valence-corrected chi connectivity index (χ2v) is 9.17. The standard InChI is InChI=1S/C19H28N2O3S/c1-2-13-25(23,24)21-11-9-20(10-12-21)19(22)15-16-7-8-17-5-3-4-6-18(17)14-16/h7-8,14H,2-6,9-13,15H2,1H3. The average Bonchev–Trinajstić information content (AvgIpc) is 2.61. The van der Waals surface area contributed by atoms with E-state index in [4.69, 9.17) is 0 Å². The third kappa shape index (κ3) is 4.42. The first-order valence-corrected chi connectivity index (χ1v) is 11.0. The molecule has 0 unspecified atom stereocenters. The summed E-state index contributed by atoms with van der Waals surface area (Å²) in [5.74, 6) is 0.291. The van der Waals surface area contributed by atoms with E-state index in [2.05, 4.69) is 18.2 Å². The fourth-order valence-corrected chi connectivity index (χ4v) is 5.28. The highest BCUT2D eigenvalue weighted by Crippen LogP contribution is 2.22. The lowest BCUT2D eigenvalue weighted by Gasteiger charge is -2.34. The van der Waals surface area contributed by atoms with Crippen molar-refractivity contribution in [3.05, 3.63) is 34.9 Å². The third-order valence-corrected chi connectivity index (χ3v) is 7.29. The molecule has 2 aliphatic rings. The van der Waals surface area contributed by atoms with Gasteiger partial charge in [0, 0.05) is 26.2 Å². The molecule has 1 aliphatic heterocycles. The van der Waals surface area contributed by atoms with Crippen LogP contribution >= 0.6 is 0 Å². The molecule has 25 heavy (non-hydrogen) atoms. The number of rotatable bonds is 5. The molecule has 3 rings (SSSR count). The summed E-state index contributed by atoms with van der Waals surface area (Å²) >= 11 is 0. The number of carbonyl (C=O) groups is 1. The highest BCUT2D eigenvalue weighted by atomic mass is 32.2. The van der Waals surface area contributed by atoms with E-state index in [-0.39, 0.29) is 11.7 Å². The normalized spacial score (nSPS) is 18.8. The van der Waals surface area contributed by atoms with Crippen LogP contribution in [0.3, 0.4) is 0 Å². The van der Waals surface area contributed by atoms with E-state index < -0.39 is 10.0 Å². The van der Waals surface area contributed by atoms with Crippen LogP contribution in [0.1, 0.15) is 42.9 Å². The van der Waals surface area contributed by atoms with Crippen molar-refractivity contribution < 1.29 is 13.2 Å². The van der Waals surface area contributed by atoms with E-state index in [1.165, 1.54) is 28.3 Å². The van der Waals surface area contributed by atoms with Crippen molar-refractivity contribution in [1.29, 1.82) is 0 Å². The van der Waals surface area contributed by atoms with Gasteiger partial charge in [-0.05, 0) is 48.8 Å². The molecule has 0 aromatic heterocycles. The van der Waals surface area contributed by atoms with Crippen LogP contribution in [0.25, 0.3) is 0 Å². The number of nitrogens with zero attached hydrogens (tertiary/aromatic N) is 2. The minimum Gasteiger partial charge on any atom is -0.340 e. The molecule has 1 aromatic rings. The van der Waals surface area contributed by atoms with Gasteiger partial charge in [-0.1, -0.05) is 25.1 Å². The van der Waals surface area contributed by atoms with Crippen LogP contribution in [0.2, 0.25) is 0 Å². The van der Waals surface area contributed by atoms with E-state index in [0.717, 1.165) is 18.4 Å². The van der Waals surface area contributed by atoms with Crippen LogP contribution in [0.5, 0.6) is 0 Å². The molecule has 0 spiro atoms. The van der Waals surface area contributed by atoms with Crippen molar-refractivity contribution in [3.63, 3.8) is 0 Å². The number of amides is 1. The second kappa shape index (κ2) is 7.87. The Morgan fingerprint density at radius 1 is 1.04 bits per heavy atom. The number of sulfonamides is 1. The van der Waals surface area contributed by atoms with Crippen LogP contribution < -0.4 is 0 Å². The SMILES string of the molecule is CCCS(=O)(=O)N1CCN(C(=O)Cc2ccc3c(c2)CCCC3)CC1. The maximum absolute atomic E-state index is 12.6. The molecule has 6 heteroatoms. The minimum absolute atomic E-state index is 0.100. The zero-order valence-electron chi connectivity index (χ0n) is 15.0. The Hall–Kier alpha value is -1.40. The van der Waals surface area contributed by atoms with Gasteiger partial charge in [0.2, 0.25) is 15.9 Å². The monoisotopic (exact) mass is 364 g/mol. The molecule has 1 aliphatic carbocycles. The number of benzene rings is 1. The van der Waals surface area contributed by atoms with Gasteiger partial charge in [0.15, 0.2) is 0 Å². The van der Waals surface area contributed by atoms with Gasteiger partial charge in [-0.2, -0.15) is 4.31 Å². The minimum atomic E-state index is -3.16. The summed E-state index contributed by atoms with van der Waals surface area (Å²) in [5, 5.41) is 0. The Morgan fingerprint density at radius 3 is 2.40 bits per heavy atom. The maximum Gasteiger partial charge on any atom is 0.227 e. The molecule has 0 bridgehead atoms. The summed E-state index contributed by atoms with van der Waals surface area (Å²) < 4.78 is 25.8. The van der Waals surface area contributed by atoms with Gasteiger partial charge in [-0.25, -0.2) is 8.42 Å². The average molecular weight is 365 g/mol.